The molecular weight excluding hydrogens is 355 g/mol. The van der Waals surface area contributed by atoms with Crippen LogP contribution >= 0.6 is 11.6 Å². The molecule has 2 aromatic rings. The van der Waals surface area contributed by atoms with Gasteiger partial charge in [-0.1, -0.05) is 29.8 Å². The Kier molecular flexibility index (Phi) is 4.60. The molecule has 0 aromatic heterocycles. The van der Waals surface area contributed by atoms with Crippen LogP contribution in [0.5, 0.6) is 0 Å². The summed E-state index contributed by atoms with van der Waals surface area (Å²) in [6.45, 7) is 0. The molecule has 0 bridgehead atoms. The van der Waals surface area contributed by atoms with Crippen LogP contribution in [0.1, 0.15) is 5.56 Å². The number of benzene rings is 2. The average molecular weight is 362 g/mol. The van der Waals surface area contributed by atoms with Gasteiger partial charge >= 0.3 is 17.6 Å². The first-order valence-electron chi connectivity index (χ1n) is 6.17. The van der Waals surface area contributed by atoms with Crippen LogP contribution in [0.25, 0.3) is 0 Å². The van der Waals surface area contributed by atoms with E-state index in [4.69, 9.17) is 11.6 Å². The summed E-state index contributed by atoms with van der Waals surface area (Å²) in [7, 11) is 0. The number of hydrogen-bond donors (Lipinski definition) is 1. The maximum atomic E-state index is 12.9. The standard InChI is InChI=1S/C13H7ClF3N3O4/c14-10-8(13(15,16)17)6-9(19(21)22)11(12(10)20(23)24)18-7-4-2-1-3-5-7/h1-6,18H. The molecule has 1 N–H and O–H groups in total. The van der Waals surface area contributed by atoms with Gasteiger partial charge in [-0.2, -0.15) is 13.2 Å². The van der Waals surface area contributed by atoms with Crippen molar-refractivity contribution in [1.29, 1.82) is 0 Å². The van der Waals surface area contributed by atoms with Crippen LogP contribution in [0.3, 0.4) is 0 Å². The van der Waals surface area contributed by atoms with Crippen molar-refractivity contribution < 1.29 is 23.0 Å². The normalized spacial score (nSPS) is 11.2. The van der Waals surface area contributed by atoms with Crippen LogP contribution < -0.4 is 5.32 Å². The first-order valence-corrected chi connectivity index (χ1v) is 6.55. The number of halogens is 4. The van der Waals surface area contributed by atoms with Gasteiger partial charge in [0, 0.05) is 11.8 Å². The molecule has 2 aromatic carbocycles. The highest BCUT2D eigenvalue weighted by Crippen LogP contribution is 2.48. The first kappa shape index (κ1) is 17.5. The van der Waals surface area contributed by atoms with Crippen LogP contribution in [0.15, 0.2) is 36.4 Å². The Labute approximate surface area is 137 Å². The van der Waals surface area contributed by atoms with Crippen molar-refractivity contribution in [3.63, 3.8) is 0 Å². The molecule has 0 saturated heterocycles. The summed E-state index contributed by atoms with van der Waals surface area (Å²) in [5, 5.41) is 23.5. The highest BCUT2D eigenvalue weighted by atomic mass is 35.5. The van der Waals surface area contributed by atoms with Crippen molar-refractivity contribution in [1.82, 2.24) is 0 Å². The molecule has 0 aliphatic rings. The summed E-state index contributed by atoms with van der Waals surface area (Å²) in [6, 6.07) is 7.71. The number of anilines is 2. The second-order valence-electron chi connectivity index (χ2n) is 4.48. The van der Waals surface area contributed by atoms with E-state index < -0.39 is 43.7 Å². The molecule has 0 heterocycles. The lowest BCUT2D eigenvalue weighted by Crippen LogP contribution is -2.11. The lowest BCUT2D eigenvalue weighted by Gasteiger charge is -2.13. The Bertz CT molecular complexity index is 812. The van der Waals surface area contributed by atoms with Gasteiger partial charge in [-0.3, -0.25) is 20.2 Å². The lowest BCUT2D eigenvalue weighted by atomic mass is 10.1. The third kappa shape index (κ3) is 3.38. The van der Waals surface area contributed by atoms with Gasteiger partial charge in [-0.15, -0.1) is 0 Å². The number of nitrogens with one attached hydrogen (secondary N) is 1. The van der Waals surface area contributed by atoms with Gasteiger partial charge in [-0.25, -0.2) is 0 Å². The molecule has 0 amide bonds. The van der Waals surface area contributed by atoms with E-state index in [-0.39, 0.29) is 11.8 Å². The maximum absolute atomic E-state index is 12.9. The predicted molar refractivity (Wildman–Crippen MR) is 79.5 cm³/mol. The van der Waals surface area contributed by atoms with E-state index >= 15 is 0 Å². The second-order valence-corrected chi connectivity index (χ2v) is 4.86. The Morgan fingerprint density at radius 2 is 1.62 bits per heavy atom. The Morgan fingerprint density at radius 3 is 2.08 bits per heavy atom. The molecule has 126 valence electrons. The molecule has 0 fully saturated rings. The average Bonchev–Trinajstić information content (AvgIpc) is 2.46. The molecule has 0 atom stereocenters. The van der Waals surface area contributed by atoms with E-state index in [0.717, 1.165) is 0 Å². The number of nitrogens with zero attached hydrogens (tertiary/aromatic N) is 2. The fraction of sp³-hybridized carbons (Fsp3) is 0.0769. The molecule has 24 heavy (non-hydrogen) atoms. The fourth-order valence-electron chi connectivity index (χ4n) is 1.94. The summed E-state index contributed by atoms with van der Waals surface area (Å²) in [5.41, 5.74) is -4.50. The SMILES string of the molecule is O=[N+]([O-])c1cc(C(F)(F)F)c(Cl)c([N+](=O)[O-])c1Nc1ccccc1. The summed E-state index contributed by atoms with van der Waals surface area (Å²) < 4.78 is 38.8. The third-order valence-electron chi connectivity index (χ3n) is 2.95. The summed E-state index contributed by atoms with van der Waals surface area (Å²) >= 11 is 5.51. The van der Waals surface area contributed by atoms with Gasteiger partial charge in [0.05, 0.1) is 15.4 Å². The number of rotatable bonds is 4. The number of para-hydroxylation sites is 1. The minimum Gasteiger partial charge on any atom is -0.344 e. The van der Waals surface area contributed by atoms with Gasteiger partial charge in [0.1, 0.15) is 5.02 Å². The third-order valence-corrected chi connectivity index (χ3v) is 3.33. The zero-order valence-corrected chi connectivity index (χ0v) is 12.3. The quantitative estimate of drug-likeness (QED) is 0.615. The Balaban J connectivity index is 2.78. The van der Waals surface area contributed by atoms with Crippen LogP contribution in [0, 0.1) is 20.2 Å². The van der Waals surface area contributed by atoms with E-state index in [1.807, 2.05) is 0 Å². The van der Waals surface area contributed by atoms with Gasteiger partial charge in [0.25, 0.3) is 0 Å². The highest BCUT2D eigenvalue weighted by Gasteiger charge is 2.42. The largest absolute Gasteiger partial charge is 0.418 e. The molecule has 0 aliphatic heterocycles. The molecule has 0 radical (unpaired) electrons. The van der Waals surface area contributed by atoms with Gasteiger partial charge in [0.15, 0.2) is 5.69 Å². The fourth-order valence-corrected chi connectivity index (χ4v) is 2.27. The van der Waals surface area contributed by atoms with Crippen molar-refractivity contribution in [2.24, 2.45) is 0 Å². The maximum Gasteiger partial charge on any atom is 0.418 e. The van der Waals surface area contributed by atoms with Crippen molar-refractivity contribution >= 4 is 34.4 Å². The number of nitro benzene ring substituents is 2. The molecule has 11 heteroatoms. The summed E-state index contributed by atoms with van der Waals surface area (Å²) in [5.74, 6) is 0. The van der Waals surface area contributed by atoms with Crippen LogP contribution in [0.2, 0.25) is 5.02 Å². The van der Waals surface area contributed by atoms with Crippen molar-refractivity contribution in [3.8, 4) is 0 Å². The van der Waals surface area contributed by atoms with Crippen molar-refractivity contribution in [2.75, 3.05) is 5.32 Å². The van der Waals surface area contributed by atoms with Gasteiger partial charge < -0.3 is 5.32 Å². The van der Waals surface area contributed by atoms with Crippen molar-refractivity contribution in [3.05, 3.63) is 67.2 Å². The molecule has 0 spiro atoms. The van der Waals surface area contributed by atoms with Crippen molar-refractivity contribution in [2.45, 2.75) is 6.18 Å². The Morgan fingerprint density at radius 1 is 1.04 bits per heavy atom. The van der Waals surface area contributed by atoms with Crippen LogP contribution in [0.4, 0.5) is 35.9 Å². The van der Waals surface area contributed by atoms with Crippen LogP contribution in [-0.2, 0) is 6.18 Å². The minimum atomic E-state index is -5.09. The van der Waals surface area contributed by atoms with E-state index in [1.165, 1.54) is 24.3 Å². The van der Waals surface area contributed by atoms with Gasteiger partial charge in [-0.05, 0) is 12.1 Å². The zero-order chi connectivity index (χ0) is 18.1. The first-order chi connectivity index (χ1) is 11.1. The van der Waals surface area contributed by atoms with Gasteiger partial charge in [0.2, 0.25) is 0 Å². The summed E-state index contributed by atoms with van der Waals surface area (Å²) in [4.78, 5) is 19.9. The van der Waals surface area contributed by atoms with Crippen LogP contribution in [-0.4, -0.2) is 9.85 Å². The molecule has 0 aliphatic carbocycles. The van der Waals surface area contributed by atoms with E-state index in [9.17, 15) is 33.4 Å². The highest BCUT2D eigenvalue weighted by molar-refractivity contribution is 6.34. The number of alkyl halides is 3. The molecule has 2 rings (SSSR count). The topological polar surface area (TPSA) is 98.3 Å². The minimum absolute atomic E-state index is 0.167. The molecule has 7 nitrogen and oxygen atoms in total. The molecule has 0 unspecified atom stereocenters. The number of hydrogen-bond acceptors (Lipinski definition) is 5. The summed E-state index contributed by atoms with van der Waals surface area (Å²) in [6.07, 6.45) is -5.09. The smallest absolute Gasteiger partial charge is 0.344 e. The van der Waals surface area contributed by atoms with E-state index in [0.29, 0.717) is 0 Å². The molecular formula is C13H7ClF3N3O4. The monoisotopic (exact) mass is 361 g/mol. The lowest BCUT2D eigenvalue weighted by molar-refractivity contribution is -0.392. The number of nitro groups is 2. The predicted octanol–water partition coefficient (Wildman–Crippen LogP) is 4.92. The van der Waals surface area contributed by atoms with E-state index in [1.54, 1.807) is 6.07 Å². The second kappa shape index (κ2) is 6.32. The zero-order valence-electron chi connectivity index (χ0n) is 11.5. The van der Waals surface area contributed by atoms with E-state index in [2.05, 4.69) is 5.32 Å². The molecule has 0 saturated carbocycles. The Hall–Kier alpha value is -2.88.